The quantitative estimate of drug-likeness (QED) is 0.662. The van der Waals surface area contributed by atoms with E-state index in [2.05, 4.69) is 14.9 Å². The van der Waals surface area contributed by atoms with E-state index in [-0.39, 0.29) is 34.0 Å². The van der Waals surface area contributed by atoms with Crippen molar-refractivity contribution in [3.63, 3.8) is 0 Å². The number of sulfonamides is 1. The van der Waals surface area contributed by atoms with Crippen LogP contribution in [0.5, 0.6) is 0 Å². The minimum Gasteiger partial charge on any atom is -0.347 e. The van der Waals surface area contributed by atoms with Crippen LogP contribution in [0.25, 0.3) is 0 Å². The van der Waals surface area contributed by atoms with Gasteiger partial charge in [-0.1, -0.05) is 6.07 Å². The first kappa shape index (κ1) is 20.8. The lowest BCUT2D eigenvalue weighted by molar-refractivity contribution is 0.0918. The summed E-state index contributed by atoms with van der Waals surface area (Å²) in [5.74, 6) is -0.464. The first-order chi connectivity index (χ1) is 13.6. The van der Waals surface area contributed by atoms with E-state index in [1.165, 1.54) is 12.1 Å². The Kier molecular flexibility index (Phi) is 5.47. The molecule has 1 saturated carbocycles. The summed E-state index contributed by atoms with van der Waals surface area (Å²) in [5.41, 5.74) is 0.902. The minimum absolute atomic E-state index is 0.0245. The van der Waals surface area contributed by atoms with Crippen molar-refractivity contribution in [1.82, 2.24) is 14.9 Å². The van der Waals surface area contributed by atoms with Gasteiger partial charge in [-0.15, -0.1) is 0 Å². The van der Waals surface area contributed by atoms with Gasteiger partial charge in [-0.05, 0) is 63.4 Å². The summed E-state index contributed by atoms with van der Waals surface area (Å²) in [5, 5.41) is 2.88. The van der Waals surface area contributed by atoms with Gasteiger partial charge in [-0.2, -0.15) is 0 Å². The fourth-order valence-corrected chi connectivity index (χ4v) is 7.43. The van der Waals surface area contributed by atoms with Gasteiger partial charge in [-0.3, -0.25) is 9.69 Å². The number of rotatable bonds is 6. The van der Waals surface area contributed by atoms with E-state index in [0.717, 1.165) is 38.8 Å². The lowest BCUT2D eigenvalue weighted by Crippen LogP contribution is -2.50. The lowest BCUT2D eigenvalue weighted by atomic mass is 10.1. The monoisotopic (exact) mass is 441 g/mol. The Hall–Kier alpha value is -1.49. The number of nitrogens with zero attached hydrogens (tertiary/aromatic N) is 1. The maximum Gasteiger partial charge on any atom is 0.251 e. The molecule has 0 aromatic heterocycles. The number of hydrogen-bond donors (Lipinski definition) is 2. The minimum atomic E-state index is -3.67. The van der Waals surface area contributed by atoms with Crippen LogP contribution in [0, 0.1) is 6.92 Å². The van der Waals surface area contributed by atoms with E-state index in [4.69, 9.17) is 0 Å². The number of sulfone groups is 1. The molecule has 0 spiro atoms. The Morgan fingerprint density at radius 2 is 1.83 bits per heavy atom. The molecule has 0 radical (unpaired) electrons. The highest BCUT2D eigenvalue weighted by atomic mass is 32.2. The molecule has 3 aliphatic rings. The topological polar surface area (TPSA) is 113 Å². The second-order valence-corrected chi connectivity index (χ2v) is 12.2. The highest BCUT2D eigenvalue weighted by Gasteiger charge is 2.42. The molecule has 10 heteroatoms. The zero-order valence-electron chi connectivity index (χ0n) is 16.4. The number of nitrogens with one attached hydrogen (secondary N) is 2. The predicted octanol–water partition coefficient (Wildman–Crippen LogP) is 0.427. The summed E-state index contributed by atoms with van der Waals surface area (Å²) in [6, 6.07) is 3.74. The Morgan fingerprint density at radius 1 is 1.14 bits per heavy atom. The molecule has 2 heterocycles. The van der Waals surface area contributed by atoms with E-state index < -0.39 is 31.8 Å². The van der Waals surface area contributed by atoms with Gasteiger partial charge in [0.05, 0.1) is 22.4 Å². The number of benzene rings is 1. The summed E-state index contributed by atoms with van der Waals surface area (Å²) in [7, 11) is -6.89. The molecule has 2 unspecified atom stereocenters. The van der Waals surface area contributed by atoms with Crippen LogP contribution in [0.15, 0.2) is 23.1 Å². The average Bonchev–Trinajstić information content (AvgIpc) is 3.16. The number of aryl methyl sites for hydroxylation is 1. The molecule has 1 aromatic rings. The van der Waals surface area contributed by atoms with Crippen molar-refractivity contribution in [1.29, 1.82) is 0 Å². The van der Waals surface area contributed by atoms with E-state index in [1.54, 1.807) is 13.0 Å². The van der Waals surface area contributed by atoms with Crippen molar-refractivity contribution in [3.05, 3.63) is 29.3 Å². The first-order valence-electron chi connectivity index (χ1n) is 10.0. The second-order valence-electron chi connectivity index (χ2n) is 8.34. The molecular formula is C19H27N3O5S2. The van der Waals surface area contributed by atoms with Crippen LogP contribution in [-0.2, 0) is 19.9 Å². The Balaban J connectivity index is 1.55. The normalized spacial score (nSPS) is 27.2. The number of carbonyl (C=O) groups is 1. The van der Waals surface area contributed by atoms with Gasteiger partial charge in [0.15, 0.2) is 9.84 Å². The maximum absolute atomic E-state index is 13.0. The predicted molar refractivity (Wildman–Crippen MR) is 109 cm³/mol. The van der Waals surface area contributed by atoms with Crippen molar-refractivity contribution in [2.24, 2.45) is 0 Å². The van der Waals surface area contributed by atoms with Crippen LogP contribution in [0.2, 0.25) is 0 Å². The molecule has 2 aliphatic heterocycles. The zero-order chi connectivity index (χ0) is 20.8. The van der Waals surface area contributed by atoms with Crippen LogP contribution in [0.1, 0.15) is 41.6 Å². The van der Waals surface area contributed by atoms with Gasteiger partial charge in [0, 0.05) is 17.6 Å². The molecule has 0 bridgehead atoms. The van der Waals surface area contributed by atoms with Crippen molar-refractivity contribution < 1.29 is 21.6 Å². The third-order valence-electron chi connectivity index (χ3n) is 5.91. The highest BCUT2D eigenvalue weighted by molar-refractivity contribution is 7.91. The molecule has 29 heavy (non-hydrogen) atoms. The second kappa shape index (κ2) is 7.64. The van der Waals surface area contributed by atoms with Gasteiger partial charge >= 0.3 is 0 Å². The third kappa shape index (κ3) is 4.65. The van der Waals surface area contributed by atoms with Crippen LogP contribution in [-0.4, -0.2) is 70.4 Å². The molecule has 1 aliphatic carbocycles. The first-order valence-corrected chi connectivity index (χ1v) is 13.3. The number of amides is 1. The van der Waals surface area contributed by atoms with Crippen molar-refractivity contribution in [3.8, 4) is 0 Å². The molecule has 2 atom stereocenters. The van der Waals surface area contributed by atoms with Gasteiger partial charge in [0.2, 0.25) is 10.0 Å². The van der Waals surface area contributed by atoms with E-state index in [9.17, 15) is 21.6 Å². The van der Waals surface area contributed by atoms with Gasteiger partial charge < -0.3 is 5.32 Å². The average molecular weight is 442 g/mol. The molecule has 4 rings (SSSR count). The fraction of sp³-hybridized carbons (Fsp3) is 0.632. The Morgan fingerprint density at radius 3 is 2.48 bits per heavy atom. The highest BCUT2D eigenvalue weighted by Crippen LogP contribution is 2.25. The number of hydrogen-bond acceptors (Lipinski definition) is 6. The van der Waals surface area contributed by atoms with Crippen LogP contribution in [0.4, 0.5) is 0 Å². The summed E-state index contributed by atoms with van der Waals surface area (Å²) >= 11 is 0. The van der Waals surface area contributed by atoms with Gasteiger partial charge in [0.25, 0.3) is 5.91 Å². The number of likely N-dealkylation sites (tertiary alicyclic amines) is 1. The standard InChI is InChI=1S/C19H27N3O5S2/c1-13-4-7-15(29(26,27)21-14-5-6-14)10-16(13)19(23)20-17-11-28(24,25)12-18(17)22-8-2-3-9-22/h4,7,10,14,17-18,21H,2-3,5-6,8-9,11-12H2,1H3,(H,20,23). The van der Waals surface area contributed by atoms with E-state index in [0.29, 0.717) is 5.56 Å². The third-order valence-corrected chi connectivity index (χ3v) is 9.15. The molecule has 160 valence electrons. The Bertz CT molecular complexity index is 1010. The molecule has 1 aromatic carbocycles. The maximum atomic E-state index is 13.0. The van der Waals surface area contributed by atoms with E-state index >= 15 is 0 Å². The molecule has 2 saturated heterocycles. The molecule has 2 N–H and O–H groups in total. The molecule has 3 fully saturated rings. The summed E-state index contributed by atoms with van der Waals surface area (Å²) in [4.78, 5) is 15.2. The van der Waals surface area contributed by atoms with Gasteiger partial charge in [0.1, 0.15) is 0 Å². The van der Waals surface area contributed by atoms with Crippen molar-refractivity contribution in [2.45, 2.75) is 55.6 Å². The summed E-state index contributed by atoms with van der Waals surface area (Å²) < 4.78 is 52.0. The van der Waals surface area contributed by atoms with Crippen LogP contribution >= 0.6 is 0 Å². The van der Waals surface area contributed by atoms with Crippen molar-refractivity contribution in [2.75, 3.05) is 24.6 Å². The SMILES string of the molecule is Cc1ccc(S(=O)(=O)NC2CC2)cc1C(=O)NC1CS(=O)(=O)CC1N1CCCC1. The molecular weight excluding hydrogens is 414 g/mol. The van der Waals surface area contributed by atoms with Crippen molar-refractivity contribution >= 4 is 25.8 Å². The van der Waals surface area contributed by atoms with Crippen LogP contribution < -0.4 is 10.0 Å². The summed E-state index contributed by atoms with van der Waals surface area (Å²) in [6.07, 6.45) is 3.72. The van der Waals surface area contributed by atoms with Crippen LogP contribution in [0.3, 0.4) is 0 Å². The number of carbonyl (C=O) groups excluding carboxylic acids is 1. The lowest BCUT2D eigenvalue weighted by Gasteiger charge is -2.28. The largest absolute Gasteiger partial charge is 0.347 e. The smallest absolute Gasteiger partial charge is 0.251 e. The molecule has 8 nitrogen and oxygen atoms in total. The fourth-order valence-electron chi connectivity index (χ4n) is 4.15. The van der Waals surface area contributed by atoms with Gasteiger partial charge in [-0.25, -0.2) is 21.6 Å². The summed E-state index contributed by atoms with van der Waals surface area (Å²) in [6.45, 7) is 3.42. The zero-order valence-corrected chi connectivity index (χ0v) is 18.1. The molecule has 1 amide bonds. The van der Waals surface area contributed by atoms with E-state index in [1.807, 2.05) is 0 Å². The Labute approximate surface area is 172 Å².